The number of aromatic nitrogens is 5. The Balaban J connectivity index is 1.59. The summed E-state index contributed by atoms with van der Waals surface area (Å²) in [6.07, 6.45) is 0. The second-order valence-electron chi connectivity index (χ2n) is 7.69. The van der Waals surface area contributed by atoms with Crippen LogP contribution in [-0.2, 0) is 19.6 Å². The lowest BCUT2D eigenvalue weighted by molar-refractivity contribution is 0.0736. The third-order valence-electron chi connectivity index (χ3n) is 5.86. The lowest BCUT2D eigenvalue weighted by Gasteiger charge is -2.25. The summed E-state index contributed by atoms with van der Waals surface area (Å²) in [6.45, 7) is 10.00. The molecule has 0 fully saturated rings. The molecule has 0 saturated heterocycles. The maximum absolute atomic E-state index is 13.3. The van der Waals surface area contributed by atoms with E-state index in [1.165, 1.54) is 4.68 Å². The second kappa shape index (κ2) is 8.33. The minimum Gasteiger partial charge on any atom is -0.342 e. The highest BCUT2D eigenvalue weighted by Gasteiger charge is 2.34. The number of fused-ring (bicyclic) bond motifs is 1. The first-order valence-electron chi connectivity index (χ1n) is 10.6. The van der Waals surface area contributed by atoms with Gasteiger partial charge < -0.3 is 10.2 Å². The van der Waals surface area contributed by atoms with Gasteiger partial charge in [0.15, 0.2) is 11.4 Å². The smallest absolute Gasteiger partial charge is 0.277 e. The summed E-state index contributed by atoms with van der Waals surface area (Å²) in [7, 11) is 0. The van der Waals surface area contributed by atoms with Crippen LogP contribution < -0.4 is 5.32 Å². The topological polar surface area (TPSA) is 97.9 Å². The Morgan fingerprint density at radius 3 is 2.61 bits per heavy atom. The molecule has 1 atom stereocenters. The quantitative estimate of drug-likeness (QED) is 0.658. The Hall–Kier alpha value is -3.49. The Morgan fingerprint density at radius 2 is 1.97 bits per heavy atom. The van der Waals surface area contributed by atoms with Crippen LogP contribution in [0, 0.1) is 13.8 Å². The molecular weight excluding hydrogens is 394 g/mol. The van der Waals surface area contributed by atoms with Gasteiger partial charge in [-0.2, -0.15) is 5.10 Å². The van der Waals surface area contributed by atoms with Gasteiger partial charge in [0.2, 0.25) is 0 Å². The van der Waals surface area contributed by atoms with Gasteiger partial charge in [-0.05, 0) is 33.3 Å². The molecule has 0 saturated carbocycles. The monoisotopic (exact) mass is 421 g/mol. The highest BCUT2D eigenvalue weighted by molar-refractivity contribution is 6.05. The molecule has 9 heteroatoms. The van der Waals surface area contributed by atoms with E-state index in [0.717, 1.165) is 29.1 Å². The van der Waals surface area contributed by atoms with Gasteiger partial charge in [-0.3, -0.25) is 14.3 Å². The summed E-state index contributed by atoms with van der Waals surface area (Å²) in [5, 5.41) is 15.7. The van der Waals surface area contributed by atoms with Crippen molar-refractivity contribution >= 4 is 11.8 Å². The number of hydrogen-bond donors (Lipinski definition) is 1. The number of aryl methyl sites for hydroxylation is 2. The number of benzene rings is 1. The number of carbonyl (C=O) groups is 2. The van der Waals surface area contributed by atoms with Gasteiger partial charge in [0.05, 0.1) is 18.3 Å². The lowest BCUT2D eigenvalue weighted by Crippen LogP contribution is -2.40. The SMILES string of the molecule is CCN(Cc1c(C)nn(CC)c1C)C(=O)c1nnn2c1C(=O)N[C@@H](c1ccccc1)C2. The summed E-state index contributed by atoms with van der Waals surface area (Å²) >= 11 is 0. The summed E-state index contributed by atoms with van der Waals surface area (Å²) in [4.78, 5) is 27.9. The molecule has 1 aliphatic rings. The molecule has 0 aliphatic carbocycles. The van der Waals surface area contributed by atoms with Crippen molar-refractivity contribution in [3.63, 3.8) is 0 Å². The fraction of sp³-hybridized carbons (Fsp3) is 0.409. The third kappa shape index (κ3) is 3.71. The normalized spacial score (nSPS) is 15.5. The van der Waals surface area contributed by atoms with Crippen molar-refractivity contribution in [3.8, 4) is 0 Å². The van der Waals surface area contributed by atoms with Gasteiger partial charge in [-0.25, -0.2) is 4.68 Å². The molecule has 1 N–H and O–H groups in total. The molecule has 162 valence electrons. The first-order valence-corrected chi connectivity index (χ1v) is 10.6. The van der Waals surface area contributed by atoms with Crippen LogP contribution >= 0.6 is 0 Å². The van der Waals surface area contributed by atoms with E-state index in [-0.39, 0.29) is 29.2 Å². The van der Waals surface area contributed by atoms with Crippen LogP contribution in [0.5, 0.6) is 0 Å². The second-order valence-corrected chi connectivity index (χ2v) is 7.69. The molecule has 0 unspecified atom stereocenters. The standard InChI is InChI=1S/C22H27N7O2/c1-5-27(12-17-14(3)25-28(6-2)15(17)4)22(31)19-20-21(30)23-18(13-29(20)26-24-19)16-10-8-7-9-11-16/h7-11,18H,5-6,12-13H2,1-4H3,(H,23,30)/t18-/m1/s1. The van der Waals surface area contributed by atoms with E-state index in [1.54, 1.807) is 4.90 Å². The fourth-order valence-electron chi connectivity index (χ4n) is 4.07. The minimum absolute atomic E-state index is 0.0871. The highest BCUT2D eigenvalue weighted by Crippen LogP contribution is 2.23. The lowest BCUT2D eigenvalue weighted by atomic mass is 10.0. The van der Waals surface area contributed by atoms with Crippen LogP contribution in [0.25, 0.3) is 0 Å². The van der Waals surface area contributed by atoms with Crippen molar-refractivity contribution in [2.75, 3.05) is 6.54 Å². The van der Waals surface area contributed by atoms with E-state index in [2.05, 4.69) is 20.7 Å². The first kappa shape index (κ1) is 20.8. The summed E-state index contributed by atoms with van der Waals surface area (Å²) < 4.78 is 3.46. The minimum atomic E-state index is -0.337. The van der Waals surface area contributed by atoms with Crippen LogP contribution in [0.4, 0.5) is 0 Å². The molecule has 3 heterocycles. The van der Waals surface area contributed by atoms with E-state index in [4.69, 9.17) is 0 Å². The number of hydrogen-bond acceptors (Lipinski definition) is 5. The molecule has 31 heavy (non-hydrogen) atoms. The first-order chi connectivity index (χ1) is 14.9. The number of amides is 2. The van der Waals surface area contributed by atoms with Crippen molar-refractivity contribution in [2.45, 2.75) is 53.4 Å². The van der Waals surface area contributed by atoms with Crippen molar-refractivity contribution in [3.05, 3.63) is 64.2 Å². The molecule has 0 bridgehead atoms. The number of nitrogens with one attached hydrogen (secondary N) is 1. The van der Waals surface area contributed by atoms with Gasteiger partial charge in [0.25, 0.3) is 11.8 Å². The zero-order valence-electron chi connectivity index (χ0n) is 18.3. The van der Waals surface area contributed by atoms with Crippen molar-refractivity contribution in [2.24, 2.45) is 0 Å². The predicted octanol–water partition coefficient (Wildman–Crippen LogP) is 2.26. The van der Waals surface area contributed by atoms with Crippen LogP contribution in [-0.4, -0.2) is 48.0 Å². The van der Waals surface area contributed by atoms with Crippen LogP contribution in [0.1, 0.15) is 63.4 Å². The predicted molar refractivity (Wildman–Crippen MR) is 114 cm³/mol. The van der Waals surface area contributed by atoms with Crippen LogP contribution in [0.15, 0.2) is 30.3 Å². The van der Waals surface area contributed by atoms with Gasteiger partial charge in [-0.15, -0.1) is 5.10 Å². The average Bonchev–Trinajstić information content (AvgIpc) is 3.33. The molecule has 9 nitrogen and oxygen atoms in total. The maximum atomic E-state index is 13.3. The number of nitrogens with zero attached hydrogens (tertiary/aromatic N) is 6. The highest BCUT2D eigenvalue weighted by atomic mass is 16.2. The Labute approximate surface area is 181 Å². The summed E-state index contributed by atoms with van der Waals surface area (Å²) in [5.41, 5.74) is 4.25. The molecule has 1 aromatic carbocycles. The Bertz CT molecular complexity index is 1120. The molecule has 2 aromatic heterocycles. The zero-order chi connectivity index (χ0) is 22.1. The zero-order valence-corrected chi connectivity index (χ0v) is 18.3. The summed E-state index contributed by atoms with van der Waals surface area (Å²) in [5.74, 6) is -0.643. The molecular formula is C22H27N7O2. The van der Waals surface area contributed by atoms with Gasteiger partial charge >= 0.3 is 0 Å². The van der Waals surface area contributed by atoms with Crippen molar-refractivity contribution in [1.29, 1.82) is 0 Å². The summed E-state index contributed by atoms with van der Waals surface area (Å²) in [6, 6.07) is 9.49. The Morgan fingerprint density at radius 1 is 1.23 bits per heavy atom. The van der Waals surface area contributed by atoms with Gasteiger partial charge in [0.1, 0.15) is 0 Å². The average molecular weight is 422 g/mol. The van der Waals surface area contributed by atoms with Crippen LogP contribution in [0.2, 0.25) is 0 Å². The fourth-order valence-corrected chi connectivity index (χ4v) is 4.07. The molecule has 1 aliphatic heterocycles. The van der Waals surface area contributed by atoms with E-state index >= 15 is 0 Å². The van der Waals surface area contributed by atoms with E-state index in [0.29, 0.717) is 19.6 Å². The van der Waals surface area contributed by atoms with Crippen molar-refractivity contribution in [1.82, 2.24) is 35.0 Å². The molecule has 3 aromatic rings. The van der Waals surface area contributed by atoms with Gasteiger partial charge in [0, 0.05) is 30.9 Å². The molecule has 4 rings (SSSR count). The number of rotatable bonds is 6. The molecule has 0 radical (unpaired) electrons. The van der Waals surface area contributed by atoms with Crippen molar-refractivity contribution < 1.29 is 9.59 Å². The van der Waals surface area contributed by atoms with E-state index in [1.807, 2.05) is 62.7 Å². The van der Waals surface area contributed by atoms with Crippen LogP contribution in [0.3, 0.4) is 0 Å². The molecule has 2 amide bonds. The molecule has 0 spiro atoms. The third-order valence-corrected chi connectivity index (χ3v) is 5.86. The van der Waals surface area contributed by atoms with Gasteiger partial charge in [-0.1, -0.05) is 35.5 Å². The number of carbonyl (C=O) groups excluding carboxylic acids is 2. The Kier molecular flexibility index (Phi) is 5.58. The van der Waals surface area contributed by atoms with E-state index < -0.39 is 0 Å². The van der Waals surface area contributed by atoms with E-state index in [9.17, 15) is 9.59 Å². The maximum Gasteiger partial charge on any atom is 0.277 e. The largest absolute Gasteiger partial charge is 0.342 e.